The van der Waals surface area contributed by atoms with Crippen molar-refractivity contribution in [2.24, 2.45) is 0 Å². The van der Waals surface area contributed by atoms with Crippen molar-refractivity contribution in [3.8, 4) is 0 Å². The summed E-state index contributed by atoms with van der Waals surface area (Å²) in [5.41, 5.74) is 2.33. The van der Waals surface area contributed by atoms with E-state index in [-0.39, 0.29) is 22.6 Å². The third-order valence-corrected chi connectivity index (χ3v) is 6.73. The van der Waals surface area contributed by atoms with Gasteiger partial charge < -0.3 is 4.90 Å². The maximum absolute atomic E-state index is 13.0. The van der Waals surface area contributed by atoms with Crippen molar-refractivity contribution in [2.45, 2.75) is 62.6 Å². The Labute approximate surface area is 182 Å². The standard InChI is InChI=1S/C24H28N2O3S/c1-24(2,3)18-9-12-20(13-10-18)30-22(27)21-14-11-19-15-25(21)23(28)26(19)29-16-17-7-5-4-6-8-17/h4-10,12-13,19,21H,11,14-16H2,1-3H3/t19-,21+/m1/s1. The fourth-order valence-corrected chi connectivity index (χ4v) is 4.85. The quantitative estimate of drug-likeness (QED) is 0.634. The minimum Gasteiger partial charge on any atom is -0.310 e. The van der Waals surface area contributed by atoms with Crippen LogP contribution < -0.4 is 0 Å². The van der Waals surface area contributed by atoms with Crippen molar-refractivity contribution >= 4 is 22.9 Å². The molecule has 2 aliphatic heterocycles. The monoisotopic (exact) mass is 424 g/mol. The average molecular weight is 425 g/mol. The average Bonchev–Trinajstić information content (AvgIpc) is 2.96. The summed E-state index contributed by atoms with van der Waals surface area (Å²) in [6, 6.07) is 17.4. The second kappa shape index (κ2) is 8.44. The summed E-state index contributed by atoms with van der Waals surface area (Å²) >= 11 is 1.23. The molecule has 0 N–H and O–H groups in total. The second-order valence-electron chi connectivity index (χ2n) is 8.96. The Morgan fingerprint density at radius 2 is 1.77 bits per heavy atom. The zero-order chi connectivity index (χ0) is 21.3. The minimum absolute atomic E-state index is 0.0151. The number of piperidine rings is 1. The number of urea groups is 1. The SMILES string of the molecule is CC(C)(C)c1ccc(SC(=O)[C@@H]2CC[C@@H]3CN2C(=O)N3OCc2ccccc2)cc1. The van der Waals surface area contributed by atoms with E-state index in [1.807, 2.05) is 42.5 Å². The molecule has 0 aromatic heterocycles. The predicted molar refractivity (Wildman–Crippen MR) is 118 cm³/mol. The molecule has 4 rings (SSSR count). The summed E-state index contributed by atoms with van der Waals surface area (Å²) in [5.74, 6) is 0. The van der Waals surface area contributed by atoms with Gasteiger partial charge in [0.25, 0.3) is 0 Å². The van der Waals surface area contributed by atoms with Gasteiger partial charge in [0.1, 0.15) is 12.6 Å². The van der Waals surface area contributed by atoms with Crippen LogP contribution in [0.4, 0.5) is 4.79 Å². The van der Waals surface area contributed by atoms with Crippen molar-refractivity contribution in [1.82, 2.24) is 9.96 Å². The Morgan fingerprint density at radius 3 is 2.43 bits per heavy atom. The number of rotatable bonds is 5. The minimum atomic E-state index is -0.397. The van der Waals surface area contributed by atoms with Gasteiger partial charge in [0.2, 0.25) is 5.12 Å². The first-order chi connectivity index (χ1) is 14.3. The van der Waals surface area contributed by atoms with Crippen molar-refractivity contribution in [3.63, 3.8) is 0 Å². The lowest BCUT2D eigenvalue weighted by atomic mass is 9.87. The highest BCUT2D eigenvalue weighted by molar-refractivity contribution is 8.13. The highest BCUT2D eigenvalue weighted by atomic mass is 32.2. The summed E-state index contributed by atoms with van der Waals surface area (Å²) < 4.78 is 0. The first kappa shape index (κ1) is 20.9. The number of nitrogens with zero attached hydrogens (tertiary/aromatic N) is 2. The molecule has 2 bridgehead atoms. The number of amides is 2. The Balaban J connectivity index is 1.38. The van der Waals surface area contributed by atoms with Crippen LogP contribution in [0.15, 0.2) is 59.5 Å². The summed E-state index contributed by atoms with van der Waals surface area (Å²) in [6.45, 7) is 7.41. The molecule has 0 spiro atoms. The first-order valence-corrected chi connectivity index (χ1v) is 11.2. The smallest absolute Gasteiger partial charge is 0.310 e. The molecule has 2 aromatic rings. The lowest BCUT2D eigenvalue weighted by Gasteiger charge is -2.28. The van der Waals surface area contributed by atoms with E-state index in [9.17, 15) is 9.59 Å². The zero-order valence-corrected chi connectivity index (χ0v) is 18.5. The molecule has 2 atom stereocenters. The van der Waals surface area contributed by atoms with Crippen molar-refractivity contribution < 1.29 is 14.4 Å². The van der Waals surface area contributed by atoms with Crippen molar-refractivity contribution in [3.05, 3.63) is 65.7 Å². The van der Waals surface area contributed by atoms with E-state index in [1.54, 1.807) is 4.90 Å². The second-order valence-corrected chi connectivity index (χ2v) is 10.0. The van der Waals surface area contributed by atoms with Crippen LogP contribution in [0.2, 0.25) is 0 Å². The van der Waals surface area contributed by atoms with E-state index in [4.69, 9.17) is 4.84 Å². The largest absolute Gasteiger partial charge is 0.344 e. The van der Waals surface area contributed by atoms with Crippen LogP contribution in [0.5, 0.6) is 0 Å². The zero-order valence-electron chi connectivity index (χ0n) is 17.7. The van der Waals surface area contributed by atoms with Gasteiger partial charge in [0.05, 0.1) is 6.04 Å². The van der Waals surface area contributed by atoms with Gasteiger partial charge in [-0.05, 0) is 53.3 Å². The van der Waals surface area contributed by atoms with Crippen LogP contribution in [-0.4, -0.2) is 39.7 Å². The lowest BCUT2D eigenvalue weighted by Crippen LogP contribution is -2.44. The molecule has 30 heavy (non-hydrogen) atoms. The summed E-state index contributed by atoms with van der Waals surface area (Å²) in [6.07, 6.45) is 1.45. The summed E-state index contributed by atoms with van der Waals surface area (Å²) in [5, 5.41) is 1.50. The van der Waals surface area contributed by atoms with Crippen LogP contribution in [0.1, 0.15) is 44.7 Å². The first-order valence-electron chi connectivity index (χ1n) is 10.4. The fourth-order valence-electron chi connectivity index (χ4n) is 3.97. The van der Waals surface area contributed by atoms with Crippen LogP contribution in [0, 0.1) is 0 Å². The maximum Gasteiger partial charge on any atom is 0.344 e. The predicted octanol–water partition coefficient (Wildman–Crippen LogP) is 5.00. The molecule has 2 aliphatic rings. The topological polar surface area (TPSA) is 49.9 Å². The molecule has 158 valence electrons. The van der Waals surface area contributed by atoms with Gasteiger partial charge in [-0.1, -0.05) is 63.2 Å². The summed E-state index contributed by atoms with van der Waals surface area (Å²) in [4.78, 5) is 34.3. The molecule has 2 fully saturated rings. The molecule has 0 unspecified atom stereocenters. The van der Waals surface area contributed by atoms with Gasteiger partial charge >= 0.3 is 6.03 Å². The third kappa shape index (κ3) is 4.40. The molecule has 0 radical (unpaired) electrons. The highest BCUT2D eigenvalue weighted by Crippen LogP contribution is 2.34. The molecular formula is C24H28N2O3S. The number of hydroxylamine groups is 2. The van der Waals surface area contributed by atoms with E-state index in [0.717, 1.165) is 16.9 Å². The fraction of sp³-hybridized carbons (Fsp3) is 0.417. The molecule has 2 heterocycles. The molecule has 0 saturated carbocycles. The van der Waals surface area contributed by atoms with E-state index in [2.05, 4.69) is 32.9 Å². The van der Waals surface area contributed by atoms with Gasteiger partial charge in [-0.15, -0.1) is 0 Å². The number of benzene rings is 2. The summed E-state index contributed by atoms with van der Waals surface area (Å²) in [7, 11) is 0. The number of hydrogen-bond acceptors (Lipinski definition) is 4. The number of carbonyl (C=O) groups is 2. The van der Waals surface area contributed by atoms with Gasteiger partial charge in [0, 0.05) is 11.4 Å². The normalized spacial score (nSPS) is 21.2. The molecule has 0 aliphatic carbocycles. The molecule has 2 amide bonds. The number of fused-ring (bicyclic) bond motifs is 2. The van der Waals surface area contributed by atoms with Gasteiger partial charge in [-0.25, -0.2) is 4.79 Å². The Hall–Kier alpha value is -2.31. The number of carbonyl (C=O) groups excluding carboxylic acids is 2. The molecular weight excluding hydrogens is 396 g/mol. The Kier molecular flexibility index (Phi) is 5.89. The Bertz CT molecular complexity index is 908. The molecule has 6 heteroatoms. The van der Waals surface area contributed by atoms with Crippen LogP contribution in [0.25, 0.3) is 0 Å². The van der Waals surface area contributed by atoms with E-state index in [0.29, 0.717) is 19.6 Å². The number of hydrogen-bond donors (Lipinski definition) is 0. The maximum atomic E-state index is 13.0. The van der Waals surface area contributed by atoms with E-state index in [1.165, 1.54) is 22.4 Å². The highest BCUT2D eigenvalue weighted by Gasteiger charge is 2.47. The molecule has 2 saturated heterocycles. The van der Waals surface area contributed by atoms with Crippen LogP contribution >= 0.6 is 11.8 Å². The van der Waals surface area contributed by atoms with Crippen molar-refractivity contribution in [1.29, 1.82) is 0 Å². The van der Waals surface area contributed by atoms with E-state index < -0.39 is 6.04 Å². The lowest BCUT2D eigenvalue weighted by molar-refractivity contribution is -0.140. The van der Waals surface area contributed by atoms with Gasteiger partial charge in [-0.3, -0.25) is 9.63 Å². The Morgan fingerprint density at radius 1 is 1.07 bits per heavy atom. The van der Waals surface area contributed by atoms with Crippen LogP contribution in [-0.2, 0) is 21.7 Å². The third-order valence-electron chi connectivity index (χ3n) is 5.75. The van der Waals surface area contributed by atoms with Gasteiger partial charge in [0.15, 0.2) is 0 Å². The van der Waals surface area contributed by atoms with Crippen LogP contribution in [0.3, 0.4) is 0 Å². The van der Waals surface area contributed by atoms with Gasteiger partial charge in [-0.2, -0.15) is 5.06 Å². The number of thioether (sulfide) groups is 1. The van der Waals surface area contributed by atoms with Crippen molar-refractivity contribution in [2.75, 3.05) is 6.54 Å². The molecule has 2 aromatic carbocycles. The molecule has 5 nitrogen and oxygen atoms in total. The van der Waals surface area contributed by atoms with E-state index >= 15 is 0 Å².